The van der Waals surface area contributed by atoms with Gasteiger partial charge in [0.15, 0.2) is 0 Å². The van der Waals surface area contributed by atoms with Crippen molar-refractivity contribution in [3.8, 4) is 0 Å². The van der Waals surface area contributed by atoms with Crippen LogP contribution in [0.15, 0.2) is 42.5 Å². The Kier molecular flexibility index (Phi) is 3.89. The van der Waals surface area contributed by atoms with E-state index in [1.807, 2.05) is 12.1 Å². The SMILES string of the molecule is CC(C)(C)c1ccc(Nc2cc(N)ccc2C(N)=O)cc1. The molecule has 0 unspecified atom stereocenters. The number of nitrogens with one attached hydrogen (secondary N) is 1. The summed E-state index contributed by atoms with van der Waals surface area (Å²) in [7, 11) is 0. The number of hydrogen-bond donors (Lipinski definition) is 3. The molecule has 2 aromatic rings. The summed E-state index contributed by atoms with van der Waals surface area (Å²) in [4.78, 5) is 11.5. The Morgan fingerprint density at radius 1 is 1.05 bits per heavy atom. The molecule has 4 nitrogen and oxygen atoms in total. The monoisotopic (exact) mass is 283 g/mol. The zero-order valence-corrected chi connectivity index (χ0v) is 12.6. The topological polar surface area (TPSA) is 81.1 Å². The van der Waals surface area contributed by atoms with Gasteiger partial charge in [-0.1, -0.05) is 32.9 Å². The second kappa shape index (κ2) is 5.48. The van der Waals surface area contributed by atoms with E-state index in [9.17, 15) is 4.79 Å². The first-order chi connectivity index (χ1) is 9.77. The highest BCUT2D eigenvalue weighted by Crippen LogP contribution is 2.27. The van der Waals surface area contributed by atoms with E-state index in [0.29, 0.717) is 16.9 Å². The predicted octanol–water partition coefficient (Wildman–Crippen LogP) is 3.41. The molecule has 0 radical (unpaired) electrons. The normalized spacial score (nSPS) is 11.2. The standard InChI is InChI=1S/C17H21N3O/c1-17(2,3)11-4-7-13(8-5-11)20-15-10-12(18)6-9-14(15)16(19)21/h4-10,20H,18H2,1-3H3,(H2,19,21). The quantitative estimate of drug-likeness (QED) is 0.755. The van der Waals surface area contributed by atoms with Crippen LogP contribution >= 0.6 is 0 Å². The third-order valence-corrected chi connectivity index (χ3v) is 3.34. The van der Waals surface area contributed by atoms with Crippen molar-refractivity contribution in [1.82, 2.24) is 0 Å². The molecule has 0 bridgehead atoms. The van der Waals surface area contributed by atoms with Crippen LogP contribution in [0.3, 0.4) is 0 Å². The highest BCUT2D eigenvalue weighted by atomic mass is 16.1. The van der Waals surface area contributed by atoms with Crippen molar-refractivity contribution in [3.05, 3.63) is 53.6 Å². The van der Waals surface area contributed by atoms with Gasteiger partial charge in [-0.25, -0.2) is 0 Å². The molecule has 21 heavy (non-hydrogen) atoms. The molecule has 0 saturated carbocycles. The molecule has 0 saturated heterocycles. The lowest BCUT2D eigenvalue weighted by atomic mass is 9.87. The molecule has 1 amide bonds. The molecule has 0 spiro atoms. The van der Waals surface area contributed by atoms with Crippen LogP contribution in [0.1, 0.15) is 36.7 Å². The Morgan fingerprint density at radius 2 is 1.67 bits per heavy atom. The molecule has 0 aliphatic rings. The molecule has 5 N–H and O–H groups in total. The number of carbonyl (C=O) groups is 1. The summed E-state index contributed by atoms with van der Waals surface area (Å²) < 4.78 is 0. The number of primary amides is 1. The number of rotatable bonds is 3. The lowest BCUT2D eigenvalue weighted by molar-refractivity contribution is 0.100. The van der Waals surface area contributed by atoms with E-state index in [1.165, 1.54) is 5.56 Å². The van der Waals surface area contributed by atoms with Crippen molar-refractivity contribution in [2.24, 2.45) is 5.73 Å². The lowest BCUT2D eigenvalue weighted by Crippen LogP contribution is -2.13. The van der Waals surface area contributed by atoms with E-state index in [-0.39, 0.29) is 5.41 Å². The third-order valence-electron chi connectivity index (χ3n) is 3.34. The maximum absolute atomic E-state index is 11.5. The van der Waals surface area contributed by atoms with Gasteiger partial charge in [0.05, 0.1) is 11.3 Å². The summed E-state index contributed by atoms with van der Waals surface area (Å²) in [5.41, 5.74) is 15.0. The second-order valence-corrected chi connectivity index (χ2v) is 6.12. The molecule has 0 aliphatic heterocycles. The summed E-state index contributed by atoms with van der Waals surface area (Å²) in [6.07, 6.45) is 0. The summed E-state index contributed by atoms with van der Waals surface area (Å²) in [6, 6.07) is 13.1. The smallest absolute Gasteiger partial charge is 0.250 e. The number of carbonyl (C=O) groups excluding carboxylic acids is 1. The fourth-order valence-corrected chi connectivity index (χ4v) is 2.09. The Labute approximate surface area is 125 Å². The lowest BCUT2D eigenvalue weighted by Gasteiger charge is -2.19. The second-order valence-electron chi connectivity index (χ2n) is 6.12. The van der Waals surface area contributed by atoms with Crippen molar-refractivity contribution in [3.63, 3.8) is 0 Å². The summed E-state index contributed by atoms with van der Waals surface area (Å²) in [5.74, 6) is -0.483. The van der Waals surface area contributed by atoms with Crippen molar-refractivity contribution < 1.29 is 4.79 Å². The summed E-state index contributed by atoms with van der Waals surface area (Å²) in [6.45, 7) is 6.50. The Bertz CT molecular complexity index is 655. The van der Waals surface area contributed by atoms with Crippen LogP contribution < -0.4 is 16.8 Å². The largest absolute Gasteiger partial charge is 0.399 e. The van der Waals surface area contributed by atoms with Gasteiger partial charge in [0.1, 0.15) is 0 Å². The van der Waals surface area contributed by atoms with Crippen LogP contribution in [0.5, 0.6) is 0 Å². The predicted molar refractivity (Wildman–Crippen MR) is 87.8 cm³/mol. The van der Waals surface area contributed by atoms with E-state index >= 15 is 0 Å². The molecule has 0 heterocycles. The third kappa shape index (κ3) is 3.54. The number of nitrogens with two attached hydrogens (primary N) is 2. The first kappa shape index (κ1) is 14.9. The highest BCUT2D eigenvalue weighted by molar-refractivity contribution is 5.99. The van der Waals surface area contributed by atoms with Crippen LogP contribution in [-0.2, 0) is 5.41 Å². The van der Waals surface area contributed by atoms with E-state index in [0.717, 1.165) is 5.69 Å². The van der Waals surface area contributed by atoms with E-state index < -0.39 is 5.91 Å². The van der Waals surface area contributed by atoms with E-state index in [1.54, 1.807) is 18.2 Å². The summed E-state index contributed by atoms with van der Waals surface area (Å²) in [5, 5.41) is 3.19. The molecule has 0 aliphatic carbocycles. The van der Waals surface area contributed by atoms with Crippen molar-refractivity contribution in [1.29, 1.82) is 0 Å². The molecule has 4 heteroatoms. The Balaban J connectivity index is 2.30. The van der Waals surface area contributed by atoms with E-state index in [4.69, 9.17) is 11.5 Å². The Morgan fingerprint density at radius 3 is 2.19 bits per heavy atom. The van der Waals surface area contributed by atoms with Gasteiger partial charge >= 0.3 is 0 Å². The molecular formula is C17H21N3O. The van der Waals surface area contributed by atoms with Crippen LogP contribution in [0.25, 0.3) is 0 Å². The van der Waals surface area contributed by atoms with Gasteiger partial charge < -0.3 is 16.8 Å². The van der Waals surface area contributed by atoms with Gasteiger partial charge in [-0.05, 0) is 41.3 Å². The Hall–Kier alpha value is -2.49. The molecule has 0 aromatic heterocycles. The van der Waals surface area contributed by atoms with Gasteiger partial charge in [-0.2, -0.15) is 0 Å². The molecule has 2 aromatic carbocycles. The maximum atomic E-state index is 11.5. The van der Waals surface area contributed by atoms with Gasteiger partial charge in [-0.15, -0.1) is 0 Å². The van der Waals surface area contributed by atoms with Crippen LogP contribution in [0, 0.1) is 0 Å². The van der Waals surface area contributed by atoms with Gasteiger partial charge in [-0.3, -0.25) is 4.79 Å². The van der Waals surface area contributed by atoms with Gasteiger partial charge in [0, 0.05) is 11.4 Å². The van der Waals surface area contributed by atoms with Crippen molar-refractivity contribution in [2.45, 2.75) is 26.2 Å². The first-order valence-corrected chi connectivity index (χ1v) is 6.84. The van der Waals surface area contributed by atoms with E-state index in [2.05, 4.69) is 38.2 Å². The number of amides is 1. The fourth-order valence-electron chi connectivity index (χ4n) is 2.09. The zero-order valence-electron chi connectivity index (χ0n) is 12.6. The molecule has 2 rings (SSSR count). The molecular weight excluding hydrogens is 262 g/mol. The molecule has 0 atom stereocenters. The average Bonchev–Trinajstić information content (AvgIpc) is 2.38. The number of anilines is 3. The highest BCUT2D eigenvalue weighted by Gasteiger charge is 2.13. The minimum Gasteiger partial charge on any atom is -0.399 e. The average molecular weight is 283 g/mol. The number of benzene rings is 2. The number of hydrogen-bond acceptors (Lipinski definition) is 3. The fraction of sp³-hybridized carbons (Fsp3) is 0.235. The van der Waals surface area contributed by atoms with Gasteiger partial charge in [0.25, 0.3) is 5.91 Å². The van der Waals surface area contributed by atoms with Crippen molar-refractivity contribution >= 4 is 23.0 Å². The maximum Gasteiger partial charge on any atom is 0.250 e. The molecule has 110 valence electrons. The van der Waals surface area contributed by atoms with Crippen molar-refractivity contribution in [2.75, 3.05) is 11.1 Å². The van der Waals surface area contributed by atoms with Crippen LogP contribution in [0.2, 0.25) is 0 Å². The minimum absolute atomic E-state index is 0.105. The van der Waals surface area contributed by atoms with Gasteiger partial charge in [0.2, 0.25) is 0 Å². The summed E-state index contributed by atoms with van der Waals surface area (Å²) >= 11 is 0. The number of nitrogen functional groups attached to an aromatic ring is 1. The van der Waals surface area contributed by atoms with Crippen LogP contribution in [0.4, 0.5) is 17.1 Å². The minimum atomic E-state index is -0.483. The molecule has 0 fully saturated rings. The van der Waals surface area contributed by atoms with Crippen LogP contribution in [-0.4, -0.2) is 5.91 Å². The zero-order chi connectivity index (χ0) is 15.6. The first-order valence-electron chi connectivity index (χ1n) is 6.84.